The summed E-state index contributed by atoms with van der Waals surface area (Å²) in [6, 6.07) is 10.9. The highest BCUT2D eigenvalue weighted by molar-refractivity contribution is 5.98. The number of ether oxygens (including phenoxy) is 1. The first-order valence-electron chi connectivity index (χ1n) is 16.7. The molecule has 2 fully saturated rings. The Morgan fingerprint density at radius 1 is 1.06 bits per heavy atom. The Balaban J connectivity index is 1.22. The van der Waals surface area contributed by atoms with Gasteiger partial charge in [-0.2, -0.15) is 0 Å². The van der Waals surface area contributed by atoms with Crippen LogP contribution in [0.3, 0.4) is 0 Å². The molecule has 2 unspecified atom stereocenters. The molecule has 1 aromatic carbocycles. The first-order valence-corrected chi connectivity index (χ1v) is 16.7. The average Bonchev–Trinajstić information content (AvgIpc) is 3.69. The number of amides is 3. The second kappa shape index (κ2) is 13.4. The zero-order valence-electron chi connectivity index (χ0n) is 28.7. The van der Waals surface area contributed by atoms with Crippen molar-refractivity contribution in [1.82, 2.24) is 39.5 Å². The quantitative estimate of drug-likeness (QED) is 0.257. The third-order valence-corrected chi connectivity index (χ3v) is 8.69. The summed E-state index contributed by atoms with van der Waals surface area (Å²) in [5.74, 6) is 0.953. The van der Waals surface area contributed by atoms with Crippen molar-refractivity contribution in [2.75, 3.05) is 33.7 Å². The lowest BCUT2D eigenvalue weighted by atomic mass is 10.00. The minimum absolute atomic E-state index is 0.249. The summed E-state index contributed by atoms with van der Waals surface area (Å²) in [6.07, 6.45) is 7.54. The Kier molecular flexibility index (Phi) is 9.28. The number of nitrogens with one attached hydrogen (secondary N) is 2. The number of likely N-dealkylation sites (N-methyl/N-ethyl adjacent to an activating group) is 1. The fourth-order valence-electron chi connectivity index (χ4n) is 6.26. The van der Waals surface area contributed by atoms with Gasteiger partial charge in [-0.3, -0.25) is 9.59 Å². The molecule has 48 heavy (non-hydrogen) atoms. The molecule has 2 aliphatic rings. The molecule has 0 bridgehead atoms. The van der Waals surface area contributed by atoms with Crippen LogP contribution in [0, 0.1) is 5.92 Å². The number of aryl methyl sites for hydroxylation is 1. The molecule has 2 atom stereocenters. The van der Waals surface area contributed by atoms with Gasteiger partial charge in [-0.05, 0) is 96.4 Å². The van der Waals surface area contributed by atoms with Crippen LogP contribution in [0.15, 0.2) is 54.7 Å². The van der Waals surface area contributed by atoms with E-state index < -0.39 is 17.7 Å². The number of imidazole rings is 1. The van der Waals surface area contributed by atoms with Gasteiger partial charge in [-0.25, -0.2) is 14.8 Å². The van der Waals surface area contributed by atoms with Crippen LogP contribution in [0.1, 0.15) is 50.4 Å². The van der Waals surface area contributed by atoms with Crippen molar-refractivity contribution >= 4 is 40.0 Å². The molecule has 0 radical (unpaired) electrons. The van der Waals surface area contributed by atoms with E-state index in [9.17, 15) is 14.4 Å². The van der Waals surface area contributed by atoms with E-state index in [0.717, 1.165) is 34.6 Å². The van der Waals surface area contributed by atoms with Crippen LogP contribution in [-0.2, 0) is 23.1 Å². The molecule has 1 saturated heterocycles. The Labute approximate surface area is 281 Å². The Morgan fingerprint density at radius 2 is 1.81 bits per heavy atom. The van der Waals surface area contributed by atoms with Crippen molar-refractivity contribution in [3.8, 4) is 11.5 Å². The topological polar surface area (TPSA) is 127 Å². The third-order valence-electron chi connectivity index (χ3n) is 8.69. The Hall–Kier alpha value is -4.71. The monoisotopic (exact) mass is 654 g/mol. The van der Waals surface area contributed by atoms with Crippen molar-refractivity contribution in [1.29, 1.82) is 0 Å². The Bertz CT molecular complexity index is 1860. The lowest BCUT2D eigenvalue weighted by Gasteiger charge is -2.38. The molecule has 4 heterocycles. The van der Waals surface area contributed by atoms with E-state index in [0.29, 0.717) is 30.0 Å². The molecule has 1 saturated carbocycles. The lowest BCUT2D eigenvalue weighted by Crippen LogP contribution is -2.58. The lowest BCUT2D eigenvalue weighted by molar-refractivity contribution is -0.117. The number of carbonyl (C=O) groups excluding carboxylic acids is 3. The second-order valence-corrected chi connectivity index (χ2v) is 14.4. The number of aromatic nitrogens is 4. The van der Waals surface area contributed by atoms with E-state index in [2.05, 4.69) is 36.9 Å². The number of likely N-dealkylation sites (tertiary alicyclic amines) is 1. The highest BCUT2D eigenvalue weighted by Crippen LogP contribution is 2.36. The van der Waals surface area contributed by atoms with E-state index >= 15 is 0 Å². The summed E-state index contributed by atoms with van der Waals surface area (Å²) in [5, 5.41) is 7.18. The minimum atomic E-state index is -0.680. The maximum atomic E-state index is 13.7. The molecule has 4 aromatic rings. The number of fused-ring (bicyclic) bond motifs is 2. The molecule has 1 aliphatic carbocycles. The summed E-state index contributed by atoms with van der Waals surface area (Å²) in [7, 11) is 5.84. The molecule has 1 aliphatic heterocycles. The normalized spacial score (nSPS) is 18.6. The molecular weight excluding hydrogens is 608 g/mol. The predicted molar refractivity (Wildman–Crippen MR) is 185 cm³/mol. The zero-order valence-corrected chi connectivity index (χ0v) is 28.7. The van der Waals surface area contributed by atoms with E-state index in [1.807, 2.05) is 71.2 Å². The molecule has 12 heteroatoms. The largest absolute Gasteiger partial charge is 0.444 e. The highest BCUT2D eigenvalue weighted by atomic mass is 16.6. The van der Waals surface area contributed by atoms with E-state index in [-0.39, 0.29) is 30.9 Å². The Morgan fingerprint density at radius 3 is 2.52 bits per heavy atom. The van der Waals surface area contributed by atoms with Gasteiger partial charge in [0.25, 0.3) is 5.91 Å². The fraction of sp³-hybridized carbons (Fsp3) is 0.472. The van der Waals surface area contributed by atoms with E-state index in [1.165, 1.54) is 18.9 Å². The van der Waals surface area contributed by atoms with Crippen molar-refractivity contribution in [3.63, 3.8) is 0 Å². The van der Waals surface area contributed by atoms with Gasteiger partial charge in [0, 0.05) is 68.5 Å². The number of piperidine rings is 1. The predicted octanol–water partition coefficient (Wildman–Crippen LogP) is 4.34. The summed E-state index contributed by atoms with van der Waals surface area (Å²) >= 11 is 0. The van der Waals surface area contributed by atoms with E-state index in [4.69, 9.17) is 9.72 Å². The first-order chi connectivity index (χ1) is 22.8. The van der Waals surface area contributed by atoms with Crippen LogP contribution in [0.2, 0.25) is 0 Å². The van der Waals surface area contributed by atoms with Gasteiger partial charge >= 0.3 is 6.09 Å². The number of benzene rings is 1. The van der Waals surface area contributed by atoms with Crippen molar-refractivity contribution in [2.24, 2.45) is 13.0 Å². The van der Waals surface area contributed by atoms with Gasteiger partial charge < -0.3 is 34.3 Å². The molecule has 12 nitrogen and oxygen atoms in total. The molecule has 6 rings (SSSR count). The maximum absolute atomic E-state index is 13.7. The van der Waals surface area contributed by atoms with Crippen molar-refractivity contribution in [2.45, 2.75) is 64.3 Å². The maximum Gasteiger partial charge on any atom is 0.410 e. The van der Waals surface area contributed by atoms with Crippen molar-refractivity contribution in [3.05, 3.63) is 60.3 Å². The van der Waals surface area contributed by atoms with Gasteiger partial charge in [-0.1, -0.05) is 6.08 Å². The van der Waals surface area contributed by atoms with Gasteiger partial charge in [0.1, 0.15) is 11.2 Å². The van der Waals surface area contributed by atoms with Gasteiger partial charge in [-0.15, -0.1) is 0 Å². The van der Waals surface area contributed by atoms with Crippen LogP contribution in [0.4, 0.5) is 4.79 Å². The van der Waals surface area contributed by atoms with Crippen LogP contribution in [0.5, 0.6) is 0 Å². The molecule has 2 N–H and O–H groups in total. The third kappa shape index (κ3) is 7.70. The number of pyridine rings is 1. The van der Waals surface area contributed by atoms with Gasteiger partial charge in [0.05, 0.1) is 16.7 Å². The summed E-state index contributed by atoms with van der Waals surface area (Å²) < 4.78 is 9.97. The average molecular weight is 655 g/mol. The van der Waals surface area contributed by atoms with Crippen molar-refractivity contribution < 1.29 is 19.1 Å². The highest BCUT2D eigenvalue weighted by Gasteiger charge is 2.34. The number of rotatable bonds is 9. The summed E-state index contributed by atoms with van der Waals surface area (Å²) in [6.45, 7) is 7.51. The van der Waals surface area contributed by atoms with Crippen LogP contribution in [-0.4, -0.2) is 98.2 Å². The number of carbonyl (C=O) groups is 3. The van der Waals surface area contributed by atoms with Crippen LogP contribution < -0.4 is 10.6 Å². The number of hydrogen-bond donors (Lipinski definition) is 2. The van der Waals surface area contributed by atoms with Crippen LogP contribution in [0.25, 0.3) is 33.6 Å². The number of hydrogen-bond acceptors (Lipinski definition) is 7. The SMILES string of the molecule is CN(C)CC=CC(=O)NC1CC(NC(=O)c2ccc3c(c2)nc(-c2cc4cccnc4n2CC2CC2)n3C)CN(C(=O)OC(C)(C)C)C1. The standard InChI is InChI=1S/C36H46N8O4/c1-36(2,3)48-35(47)43-21-26(38-31(45)10-8-16-41(4)5)19-27(22-43)39-34(46)25-13-14-29-28(17-25)40-33(42(29)6)30-18-24-9-7-15-37-32(24)44(30)20-23-11-12-23/h7-10,13-15,17-18,23,26-27H,11-12,16,19-22H2,1-6H3,(H,38,45)(H,39,46). The summed E-state index contributed by atoms with van der Waals surface area (Å²) in [5.41, 5.74) is 3.38. The molecule has 3 amide bonds. The first kappa shape index (κ1) is 33.2. The fourth-order valence-corrected chi connectivity index (χ4v) is 6.26. The van der Waals surface area contributed by atoms with Crippen LogP contribution >= 0.6 is 0 Å². The van der Waals surface area contributed by atoms with Gasteiger partial charge in [0.15, 0.2) is 5.82 Å². The minimum Gasteiger partial charge on any atom is -0.444 e. The molecular formula is C36H46N8O4. The molecule has 0 spiro atoms. The number of nitrogens with zero attached hydrogens (tertiary/aromatic N) is 6. The summed E-state index contributed by atoms with van der Waals surface area (Å²) in [4.78, 5) is 52.6. The molecule has 254 valence electrons. The second-order valence-electron chi connectivity index (χ2n) is 14.4. The smallest absolute Gasteiger partial charge is 0.410 e. The van der Waals surface area contributed by atoms with E-state index in [1.54, 1.807) is 17.0 Å². The molecule has 3 aromatic heterocycles. The van der Waals surface area contributed by atoms with Gasteiger partial charge in [0.2, 0.25) is 5.91 Å². The zero-order chi connectivity index (χ0) is 34.2.